The molecule has 0 aromatic carbocycles. The van der Waals surface area contributed by atoms with Crippen molar-refractivity contribution in [2.45, 2.75) is 59.0 Å². The Kier molecular flexibility index (Phi) is 4.28. The van der Waals surface area contributed by atoms with Gasteiger partial charge >= 0.3 is 0 Å². The fourth-order valence-electron chi connectivity index (χ4n) is 2.99. The van der Waals surface area contributed by atoms with Crippen molar-refractivity contribution in [3.05, 3.63) is 29.6 Å². The number of carbonyl (C=O) groups is 1. The predicted octanol–water partition coefficient (Wildman–Crippen LogP) is 3.95. The summed E-state index contributed by atoms with van der Waals surface area (Å²) in [5, 5.41) is 0. The van der Waals surface area contributed by atoms with Gasteiger partial charge in [-0.2, -0.15) is 0 Å². The van der Waals surface area contributed by atoms with Gasteiger partial charge in [0.05, 0.1) is 0 Å². The average Bonchev–Trinajstić information content (AvgIpc) is 2.42. The Morgan fingerprint density at radius 3 is 2.50 bits per heavy atom. The highest BCUT2D eigenvalue weighted by atomic mass is 16.5. The van der Waals surface area contributed by atoms with Gasteiger partial charge in [-0.05, 0) is 56.6 Å². The van der Waals surface area contributed by atoms with Crippen molar-refractivity contribution in [1.29, 1.82) is 0 Å². The molecule has 0 radical (unpaired) electrons. The third-order valence-electron chi connectivity index (χ3n) is 4.53. The van der Waals surface area contributed by atoms with Crippen molar-refractivity contribution < 1.29 is 9.53 Å². The van der Waals surface area contributed by atoms with E-state index in [-0.39, 0.29) is 5.78 Å². The van der Waals surface area contributed by atoms with E-state index in [4.69, 9.17) is 4.74 Å². The van der Waals surface area contributed by atoms with E-state index in [0.29, 0.717) is 17.6 Å². The van der Waals surface area contributed by atoms with Crippen LogP contribution in [0.25, 0.3) is 0 Å². The number of carbonyl (C=O) groups excluding carboxylic acids is 1. The zero-order chi connectivity index (χ0) is 14.8. The smallest absolute Gasteiger partial charge is 0.196 e. The molecule has 1 aromatic heterocycles. The van der Waals surface area contributed by atoms with Crippen molar-refractivity contribution >= 4 is 5.78 Å². The van der Waals surface area contributed by atoms with Gasteiger partial charge in [-0.15, -0.1) is 0 Å². The molecule has 20 heavy (non-hydrogen) atoms. The molecule has 0 atom stereocenters. The standard InChI is InChI=1S/C17H25NO2/c1-5-20-17(9-7-16(3,4)8-10-17)15(19)14-12-18-11-6-13(14)2/h6,11-12H,5,7-10H2,1-4H3. The molecular weight excluding hydrogens is 250 g/mol. The number of ether oxygens (including phenoxy) is 1. The fraction of sp³-hybridized carbons (Fsp3) is 0.647. The lowest BCUT2D eigenvalue weighted by molar-refractivity contribution is -0.0581. The van der Waals surface area contributed by atoms with Gasteiger partial charge in [0.1, 0.15) is 5.60 Å². The first-order chi connectivity index (χ1) is 9.40. The van der Waals surface area contributed by atoms with E-state index in [1.54, 1.807) is 12.4 Å². The van der Waals surface area contributed by atoms with Crippen molar-refractivity contribution in [2.24, 2.45) is 5.41 Å². The molecule has 0 saturated heterocycles. The van der Waals surface area contributed by atoms with E-state index >= 15 is 0 Å². The summed E-state index contributed by atoms with van der Waals surface area (Å²) in [6.07, 6.45) is 7.07. The van der Waals surface area contributed by atoms with Crippen LogP contribution in [0.5, 0.6) is 0 Å². The van der Waals surface area contributed by atoms with Gasteiger partial charge < -0.3 is 4.74 Å². The van der Waals surface area contributed by atoms with Crippen molar-refractivity contribution in [2.75, 3.05) is 6.61 Å². The molecule has 0 amide bonds. The number of aromatic nitrogens is 1. The second-order valence-corrected chi connectivity index (χ2v) is 6.61. The van der Waals surface area contributed by atoms with E-state index in [0.717, 1.165) is 31.2 Å². The van der Waals surface area contributed by atoms with Crippen LogP contribution >= 0.6 is 0 Å². The Morgan fingerprint density at radius 2 is 1.95 bits per heavy atom. The first-order valence-corrected chi connectivity index (χ1v) is 7.50. The average molecular weight is 275 g/mol. The normalized spacial score (nSPS) is 20.6. The zero-order valence-electron chi connectivity index (χ0n) is 13.0. The molecule has 1 saturated carbocycles. The summed E-state index contributed by atoms with van der Waals surface area (Å²) in [4.78, 5) is 17.1. The van der Waals surface area contributed by atoms with Crippen LogP contribution in [0.1, 0.15) is 62.4 Å². The minimum Gasteiger partial charge on any atom is -0.367 e. The molecule has 3 nitrogen and oxygen atoms in total. The fourth-order valence-corrected chi connectivity index (χ4v) is 2.99. The summed E-state index contributed by atoms with van der Waals surface area (Å²) in [5.74, 6) is 0.112. The summed E-state index contributed by atoms with van der Waals surface area (Å²) < 4.78 is 5.96. The molecule has 0 bridgehead atoms. The molecule has 0 aliphatic heterocycles. The third-order valence-corrected chi connectivity index (χ3v) is 4.53. The summed E-state index contributed by atoms with van der Waals surface area (Å²) in [7, 11) is 0. The lowest BCUT2D eigenvalue weighted by Crippen LogP contribution is -2.46. The maximum absolute atomic E-state index is 13.0. The highest BCUT2D eigenvalue weighted by molar-refractivity contribution is 6.03. The molecule has 1 heterocycles. The Hall–Kier alpha value is -1.22. The van der Waals surface area contributed by atoms with Gasteiger partial charge in [0, 0.05) is 24.6 Å². The van der Waals surface area contributed by atoms with Crippen molar-refractivity contribution in [3.8, 4) is 0 Å². The van der Waals surface area contributed by atoms with Crippen LogP contribution in [0.15, 0.2) is 18.5 Å². The Morgan fingerprint density at radius 1 is 1.30 bits per heavy atom. The van der Waals surface area contributed by atoms with Crippen LogP contribution in [0.4, 0.5) is 0 Å². The third kappa shape index (κ3) is 2.93. The van der Waals surface area contributed by atoms with Crippen LogP contribution < -0.4 is 0 Å². The molecular formula is C17H25NO2. The zero-order valence-corrected chi connectivity index (χ0v) is 13.0. The molecule has 0 unspecified atom stereocenters. The van der Waals surface area contributed by atoms with E-state index in [2.05, 4.69) is 18.8 Å². The second kappa shape index (κ2) is 5.65. The van der Waals surface area contributed by atoms with Crippen LogP contribution in [-0.4, -0.2) is 23.0 Å². The van der Waals surface area contributed by atoms with Gasteiger partial charge in [-0.1, -0.05) is 13.8 Å². The molecule has 0 N–H and O–H groups in total. The Bertz CT molecular complexity index is 484. The lowest BCUT2D eigenvalue weighted by atomic mass is 9.68. The number of aryl methyl sites for hydroxylation is 1. The second-order valence-electron chi connectivity index (χ2n) is 6.61. The maximum atomic E-state index is 13.0. The van der Waals surface area contributed by atoms with Crippen LogP contribution in [0, 0.1) is 12.3 Å². The van der Waals surface area contributed by atoms with Gasteiger partial charge in [0.25, 0.3) is 0 Å². The number of nitrogens with zero attached hydrogens (tertiary/aromatic N) is 1. The SMILES string of the molecule is CCOC1(C(=O)c2cnccc2C)CCC(C)(C)CC1. The number of Topliss-reactive ketones (excluding diaryl/α,β-unsaturated/α-hetero) is 1. The molecule has 2 rings (SSSR count). The highest BCUT2D eigenvalue weighted by Crippen LogP contribution is 2.43. The molecule has 1 fully saturated rings. The largest absolute Gasteiger partial charge is 0.367 e. The van der Waals surface area contributed by atoms with Crippen LogP contribution in [-0.2, 0) is 4.74 Å². The van der Waals surface area contributed by atoms with E-state index < -0.39 is 5.60 Å². The van der Waals surface area contributed by atoms with Crippen LogP contribution in [0.2, 0.25) is 0 Å². The molecule has 1 aliphatic rings. The molecule has 110 valence electrons. The van der Waals surface area contributed by atoms with Crippen LogP contribution in [0.3, 0.4) is 0 Å². The Balaban J connectivity index is 2.30. The molecule has 1 aliphatic carbocycles. The summed E-state index contributed by atoms with van der Waals surface area (Å²) in [5.41, 5.74) is 1.36. The van der Waals surface area contributed by atoms with E-state index in [9.17, 15) is 4.79 Å². The number of hydrogen-bond donors (Lipinski definition) is 0. The summed E-state index contributed by atoms with van der Waals surface area (Å²) in [6.45, 7) is 9.03. The molecule has 0 spiro atoms. The number of rotatable bonds is 4. The summed E-state index contributed by atoms with van der Waals surface area (Å²) >= 11 is 0. The minimum absolute atomic E-state index is 0.112. The first kappa shape index (κ1) is 15.2. The monoisotopic (exact) mass is 275 g/mol. The number of ketones is 1. The first-order valence-electron chi connectivity index (χ1n) is 7.50. The predicted molar refractivity (Wildman–Crippen MR) is 79.9 cm³/mol. The molecule has 1 aromatic rings. The number of hydrogen-bond acceptors (Lipinski definition) is 3. The minimum atomic E-state index is -0.641. The van der Waals surface area contributed by atoms with Gasteiger partial charge in [-0.3, -0.25) is 9.78 Å². The van der Waals surface area contributed by atoms with Gasteiger partial charge in [0.15, 0.2) is 5.78 Å². The number of pyridine rings is 1. The Labute approximate surface area is 121 Å². The molecule has 3 heteroatoms. The van der Waals surface area contributed by atoms with Crippen molar-refractivity contribution in [3.63, 3.8) is 0 Å². The topological polar surface area (TPSA) is 39.2 Å². The van der Waals surface area contributed by atoms with E-state index in [1.165, 1.54) is 0 Å². The highest BCUT2D eigenvalue weighted by Gasteiger charge is 2.45. The maximum Gasteiger partial charge on any atom is 0.196 e. The summed E-state index contributed by atoms with van der Waals surface area (Å²) in [6, 6.07) is 1.89. The van der Waals surface area contributed by atoms with Gasteiger partial charge in [-0.25, -0.2) is 0 Å². The quantitative estimate of drug-likeness (QED) is 0.781. The lowest BCUT2D eigenvalue weighted by Gasteiger charge is -2.42. The van der Waals surface area contributed by atoms with E-state index in [1.807, 2.05) is 19.9 Å². The van der Waals surface area contributed by atoms with Gasteiger partial charge in [0.2, 0.25) is 0 Å². The van der Waals surface area contributed by atoms with Crippen molar-refractivity contribution in [1.82, 2.24) is 4.98 Å².